The van der Waals surface area contributed by atoms with Crippen molar-refractivity contribution in [2.45, 2.75) is 38.2 Å². The van der Waals surface area contributed by atoms with Gasteiger partial charge in [0.2, 0.25) is 11.8 Å². The minimum absolute atomic E-state index is 0.111. The third-order valence-electron chi connectivity index (χ3n) is 4.51. The summed E-state index contributed by atoms with van der Waals surface area (Å²) in [6.45, 7) is 0. The molecule has 1 heterocycles. The maximum atomic E-state index is 12.2. The summed E-state index contributed by atoms with van der Waals surface area (Å²) in [7, 11) is 1.77. The highest BCUT2D eigenvalue weighted by Crippen LogP contribution is 2.31. The second-order valence-electron chi connectivity index (χ2n) is 5.89. The smallest absolute Gasteiger partial charge is 0.230 e. The van der Waals surface area contributed by atoms with Crippen LogP contribution in [0.3, 0.4) is 0 Å². The van der Waals surface area contributed by atoms with E-state index in [1.165, 1.54) is 0 Å². The maximum Gasteiger partial charge on any atom is 0.230 e. The number of nitrogens with one attached hydrogen (secondary N) is 1. The number of anilines is 2. The summed E-state index contributed by atoms with van der Waals surface area (Å²) < 4.78 is 0. The Morgan fingerprint density at radius 3 is 2.86 bits per heavy atom. The topological polar surface area (TPSA) is 69.6 Å². The van der Waals surface area contributed by atoms with Crippen LogP contribution in [-0.2, 0) is 16.0 Å². The molecule has 0 radical (unpaired) electrons. The number of amides is 2. The van der Waals surface area contributed by atoms with Gasteiger partial charge in [-0.3, -0.25) is 9.59 Å². The predicted molar refractivity (Wildman–Crippen MR) is 80.2 cm³/mol. The van der Waals surface area contributed by atoms with Gasteiger partial charge in [0.05, 0.1) is 12.0 Å². The molecule has 1 fully saturated rings. The molecule has 0 bridgehead atoms. The molecule has 3 rings (SSSR count). The summed E-state index contributed by atoms with van der Waals surface area (Å²) >= 11 is 0. The minimum Gasteiger partial charge on any atom is -0.392 e. The molecule has 2 atom stereocenters. The van der Waals surface area contributed by atoms with Gasteiger partial charge in [-0.25, -0.2) is 0 Å². The minimum atomic E-state index is -0.522. The normalized spacial score (nSPS) is 24.9. The van der Waals surface area contributed by atoms with Crippen LogP contribution in [0.5, 0.6) is 0 Å². The summed E-state index contributed by atoms with van der Waals surface area (Å²) in [5.74, 6) is -0.293. The number of aliphatic hydroxyl groups excluding tert-OH is 1. The van der Waals surface area contributed by atoms with Gasteiger partial charge in [0, 0.05) is 24.8 Å². The first kappa shape index (κ1) is 14.1. The van der Waals surface area contributed by atoms with Crippen molar-refractivity contribution in [3.05, 3.63) is 23.8 Å². The van der Waals surface area contributed by atoms with Crippen LogP contribution < -0.4 is 10.2 Å². The molecule has 1 aliphatic heterocycles. The standard InChI is InChI=1S/C16H20N2O3/c1-18-13-7-6-11(9-10(13)5-8-15(18)20)17-16(21)12-3-2-4-14(12)19/h6-7,9,12,14,19H,2-5,8H2,1H3,(H,17,21). The molecule has 1 saturated carbocycles. The van der Waals surface area contributed by atoms with Crippen LogP contribution in [0.4, 0.5) is 11.4 Å². The second-order valence-corrected chi connectivity index (χ2v) is 5.89. The first-order chi connectivity index (χ1) is 10.1. The highest BCUT2D eigenvalue weighted by atomic mass is 16.3. The average Bonchev–Trinajstić information content (AvgIpc) is 2.89. The van der Waals surface area contributed by atoms with Crippen LogP contribution in [0.15, 0.2) is 18.2 Å². The van der Waals surface area contributed by atoms with E-state index in [0.717, 1.165) is 29.8 Å². The van der Waals surface area contributed by atoms with E-state index in [9.17, 15) is 14.7 Å². The Morgan fingerprint density at radius 2 is 2.14 bits per heavy atom. The zero-order valence-electron chi connectivity index (χ0n) is 12.1. The van der Waals surface area contributed by atoms with Crippen molar-refractivity contribution in [3.8, 4) is 0 Å². The fraction of sp³-hybridized carbons (Fsp3) is 0.500. The Balaban J connectivity index is 1.75. The van der Waals surface area contributed by atoms with E-state index in [1.54, 1.807) is 11.9 Å². The number of fused-ring (bicyclic) bond motifs is 1. The monoisotopic (exact) mass is 288 g/mol. The molecule has 2 aliphatic rings. The molecule has 0 saturated heterocycles. The molecule has 0 spiro atoms. The number of carbonyl (C=O) groups is 2. The molecule has 2 N–H and O–H groups in total. The Bertz CT molecular complexity index is 585. The summed E-state index contributed by atoms with van der Waals surface area (Å²) in [6, 6.07) is 5.61. The van der Waals surface area contributed by atoms with Crippen molar-refractivity contribution in [1.29, 1.82) is 0 Å². The zero-order valence-corrected chi connectivity index (χ0v) is 12.1. The third kappa shape index (κ3) is 2.65. The quantitative estimate of drug-likeness (QED) is 0.870. The molecule has 2 amide bonds. The van der Waals surface area contributed by atoms with Gasteiger partial charge in [0.15, 0.2) is 0 Å². The van der Waals surface area contributed by atoms with E-state index in [4.69, 9.17) is 0 Å². The van der Waals surface area contributed by atoms with Gasteiger partial charge < -0.3 is 15.3 Å². The van der Waals surface area contributed by atoms with Crippen LogP contribution in [-0.4, -0.2) is 30.1 Å². The van der Waals surface area contributed by atoms with E-state index in [0.29, 0.717) is 19.3 Å². The molecule has 0 aromatic heterocycles. The predicted octanol–water partition coefficient (Wildman–Crippen LogP) is 1.70. The molecule has 1 aliphatic carbocycles. The van der Waals surface area contributed by atoms with Crippen LogP contribution in [0.25, 0.3) is 0 Å². The number of aliphatic hydroxyl groups is 1. The largest absolute Gasteiger partial charge is 0.392 e. The van der Waals surface area contributed by atoms with Crippen molar-refractivity contribution >= 4 is 23.2 Å². The Hall–Kier alpha value is -1.88. The maximum absolute atomic E-state index is 12.2. The van der Waals surface area contributed by atoms with Gasteiger partial charge in [0.1, 0.15) is 0 Å². The zero-order chi connectivity index (χ0) is 15.0. The number of hydrogen-bond donors (Lipinski definition) is 2. The van der Waals surface area contributed by atoms with Gasteiger partial charge in [-0.15, -0.1) is 0 Å². The van der Waals surface area contributed by atoms with Gasteiger partial charge in [0.25, 0.3) is 0 Å². The molecule has 1 aromatic rings. The number of hydrogen-bond acceptors (Lipinski definition) is 3. The Morgan fingerprint density at radius 1 is 1.33 bits per heavy atom. The molecular formula is C16H20N2O3. The summed E-state index contributed by atoms with van der Waals surface area (Å²) in [4.78, 5) is 25.5. The second kappa shape index (κ2) is 5.48. The SMILES string of the molecule is CN1C(=O)CCc2cc(NC(=O)C3CCCC3O)ccc21. The van der Waals surface area contributed by atoms with Crippen LogP contribution in [0.1, 0.15) is 31.2 Å². The molecule has 2 unspecified atom stereocenters. The van der Waals surface area contributed by atoms with Crippen LogP contribution >= 0.6 is 0 Å². The van der Waals surface area contributed by atoms with Crippen molar-refractivity contribution in [1.82, 2.24) is 0 Å². The van der Waals surface area contributed by atoms with E-state index < -0.39 is 6.10 Å². The lowest BCUT2D eigenvalue weighted by Crippen LogP contribution is -2.31. The van der Waals surface area contributed by atoms with Crippen molar-refractivity contribution in [2.24, 2.45) is 5.92 Å². The first-order valence-corrected chi connectivity index (χ1v) is 7.44. The fourth-order valence-electron chi connectivity index (χ4n) is 3.22. The highest BCUT2D eigenvalue weighted by molar-refractivity contribution is 5.97. The summed E-state index contributed by atoms with van der Waals surface area (Å²) in [6.07, 6.45) is 3.03. The van der Waals surface area contributed by atoms with Gasteiger partial charge in [-0.1, -0.05) is 0 Å². The fourth-order valence-corrected chi connectivity index (χ4v) is 3.22. The van der Waals surface area contributed by atoms with E-state index in [1.807, 2.05) is 18.2 Å². The van der Waals surface area contributed by atoms with Crippen molar-refractivity contribution in [3.63, 3.8) is 0 Å². The highest BCUT2D eigenvalue weighted by Gasteiger charge is 2.31. The lowest BCUT2D eigenvalue weighted by atomic mass is 10.0. The van der Waals surface area contributed by atoms with E-state index in [-0.39, 0.29) is 17.7 Å². The van der Waals surface area contributed by atoms with E-state index >= 15 is 0 Å². The van der Waals surface area contributed by atoms with Gasteiger partial charge >= 0.3 is 0 Å². The number of carbonyl (C=O) groups excluding carboxylic acids is 2. The molecule has 1 aromatic carbocycles. The third-order valence-corrected chi connectivity index (χ3v) is 4.51. The first-order valence-electron chi connectivity index (χ1n) is 7.44. The van der Waals surface area contributed by atoms with Gasteiger partial charge in [-0.05, 0) is 49.4 Å². The van der Waals surface area contributed by atoms with Crippen molar-refractivity contribution in [2.75, 3.05) is 17.3 Å². The van der Waals surface area contributed by atoms with Crippen LogP contribution in [0.2, 0.25) is 0 Å². The number of benzene rings is 1. The molecule has 5 heteroatoms. The molecular weight excluding hydrogens is 268 g/mol. The molecule has 112 valence electrons. The lowest BCUT2D eigenvalue weighted by molar-refractivity contribution is -0.122. The molecule has 5 nitrogen and oxygen atoms in total. The lowest BCUT2D eigenvalue weighted by Gasteiger charge is -2.26. The van der Waals surface area contributed by atoms with Crippen molar-refractivity contribution < 1.29 is 14.7 Å². The average molecular weight is 288 g/mol. The number of aryl methyl sites for hydroxylation is 1. The van der Waals surface area contributed by atoms with E-state index in [2.05, 4.69) is 5.32 Å². The van der Waals surface area contributed by atoms with Crippen LogP contribution in [0, 0.1) is 5.92 Å². The molecule has 21 heavy (non-hydrogen) atoms. The number of rotatable bonds is 2. The van der Waals surface area contributed by atoms with Gasteiger partial charge in [-0.2, -0.15) is 0 Å². The Labute approximate surface area is 123 Å². The summed E-state index contributed by atoms with van der Waals surface area (Å²) in [5.41, 5.74) is 2.72. The Kier molecular flexibility index (Phi) is 3.68. The number of nitrogens with zero attached hydrogens (tertiary/aromatic N) is 1. The summed E-state index contributed by atoms with van der Waals surface area (Å²) in [5, 5.41) is 12.7.